The highest BCUT2D eigenvalue weighted by molar-refractivity contribution is 7.96. The van der Waals surface area contributed by atoms with Crippen LogP contribution < -0.4 is 10.1 Å². The zero-order valence-electron chi connectivity index (χ0n) is 16.7. The number of rotatable bonds is 8. The van der Waals surface area contributed by atoms with Gasteiger partial charge in [-0.1, -0.05) is 31.2 Å². The maximum absolute atomic E-state index is 13.1. The molecule has 1 aliphatic heterocycles. The smallest absolute Gasteiger partial charge is 0.183 e. The molecule has 8 heteroatoms. The lowest BCUT2D eigenvalue weighted by Gasteiger charge is -2.20. The van der Waals surface area contributed by atoms with E-state index in [1.54, 1.807) is 31.4 Å². The molecule has 1 N–H and O–H groups in total. The minimum atomic E-state index is -3.75. The molecule has 2 aromatic rings. The number of nitrogens with one attached hydrogen (secondary N) is 1. The minimum absolute atomic E-state index is 0.160. The number of hydrogen-bond donors (Lipinski definition) is 1. The standard InChI is InChI=1S/C21H27NO5S2/c1-3-16-6-10-19(11-7-16)29(25,26)21-15-28(23,24)14-20(21)22-13-12-17-4-8-18(27-2)9-5-17/h4-11,20-22H,3,12-15H2,1-2H3/t20-,21-/m0/s1. The van der Waals surface area contributed by atoms with Gasteiger partial charge in [0, 0.05) is 6.04 Å². The van der Waals surface area contributed by atoms with Crippen molar-refractivity contribution in [3.63, 3.8) is 0 Å². The molecular weight excluding hydrogens is 410 g/mol. The highest BCUT2D eigenvalue weighted by atomic mass is 32.2. The van der Waals surface area contributed by atoms with E-state index in [9.17, 15) is 16.8 Å². The summed E-state index contributed by atoms with van der Waals surface area (Å²) in [5.41, 5.74) is 2.10. The van der Waals surface area contributed by atoms with Crippen LogP contribution in [0.3, 0.4) is 0 Å². The van der Waals surface area contributed by atoms with Gasteiger partial charge in [0.15, 0.2) is 19.7 Å². The Morgan fingerprint density at radius 3 is 2.21 bits per heavy atom. The van der Waals surface area contributed by atoms with Gasteiger partial charge in [-0.25, -0.2) is 16.8 Å². The summed E-state index contributed by atoms with van der Waals surface area (Å²) in [7, 11) is -5.55. The van der Waals surface area contributed by atoms with E-state index in [-0.39, 0.29) is 16.4 Å². The van der Waals surface area contributed by atoms with Crippen LogP contribution in [0.25, 0.3) is 0 Å². The third-order valence-corrected chi connectivity index (χ3v) is 9.50. The van der Waals surface area contributed by atoms with Gasteiger partial charge < -0.3 is 10.1 Å². The van der Waals surface area contributed by atoms with Crippen LogP contribution in [0.1, 0.15) is 18.1 Å². The topological polar surface area (TPSA) is 89.5 Å². The van der Waals surface area contributed by atoms with Crippen LogP contribution in [0.4, 0.5) is 0 Å². The number of sulfone groups is 2. The fraction of sp³-hybridized carbons (Fsp3) is 0.429. The summed E-state index contributed by atoms with van der Waals surface area (Å²) < 4.78 is 55.8. The first kappa shape index (κ1) is 21.8. The van der Waals surface area contributed by atoms with Crippen molar-refractivity contribution >= 4 is 19.7 Å². The van der Waals surface area contributed by atoms with Gasteiger partial charge in [-0.15, -0.1) is 0 Å². The Labute approximate surface area is 173 Å². The van der Waals surface area contributed by atoms with Crippen LogP contribution in [0.5, 0.6) is 5.75 Å². The summed E-state index contributed by atoms with van der Waals surface area (Å²) in [6.07, 6.45) is 1.48. The van der Waals surface area contributed by atoms with Gasteiger partial charge >= 0.3 is 0 Å². The second-order valence-corrected chi connectivity index (χ2v) is 11.6. The van der Waals surface area contributed by atoms with E-state index in [1.807, 2.05) is 31.2 Å². The number of methoxy groups -OCH3 is 1. The molecule has 1 heterocycles. The third kappa shape index (κ3) is 5.18. The molecule has 0 amide bonds. The van der Waals surface area contributed by atoms with Crippen molar-refractivity contribution in [2.24, 2.45) is 0 Å². The average Bonchev–Trinajstić information content (AvgIpc) is 3.04. The molecular formula is C21H27NO5S2. The lowest BCUT2D eigenvalue weighted by atomic mass is 10.1. The lowest BCUT2D eigenvalue weighted by Crippen LogP contribution is -2.44. The number of benzene rings is 2. The van der Waals surface area contributed by atoms with Crippen molar-refractivity contribution in [2.45, 2.75) is 36.0 Å². The second kappa shape index (κ2) is 8.85. The van der Waals surface area contributed by atoms with Gasteiger partial charge in [-0.05, 0) is 54.8 Å². The zero-order chi connectivity index (χ0) is 21.1. The average molecular weight is 438 g/mol. The summed E-state index contributed by atoms with van der Waals surface area (Å²) in [6.45, 7) is 2.49. The molecule has 1 fully saturated rings. The first-order chi connectivity index (χ1) is 13.7. The van der Waals surface area contributed by atoms with E-state index in [4.69, 9.17) is 4.74 Å². The monoisotopic (exact) mass is 437 g/mol. The van der Waals surface area contributed by atoms with Crippen LogP contribution in [-0.4, -0.2) is 53.3 Å². The van der Waals surface area contributed by atoms with Crippen molar-refractivity contribution in [2.75, 3.05) is 25.2 Å². The molecule has 1 aliphatic rings. The van der Waals surface area contributed by atoms with Gasteiger partial charge in [-0.2, -0.15) is 0 Å². The molecule has 158 valence electrons. The van der Waals surface area contributed by atoms with Gasteiger partial charge in [0.25, 0.3) is 0 Å². The van der Waals surface area contributed by atoms with E-state index in [1.165, 1.54) is 0 Å². The molecule has 1 saturated heterocycles. The first-order valence-corrected chi connectivity index (χ1v) is 13.0. The maximum atomic E-state index is 13.1. The first-order valence-electron chi connectivity index (χ1n) is 9.65. The predicted molar refractivity (Wildman–Crippen MR) is 114 cm³/mol. The zero-order valence-corrected chi connectivity index (χ0v) is 18.3. The van der Waals surface area contributed by atoms with E-state index in [0.29, 0.717) is 13.0 Å². The number of aryl methyl sites for hydroxylation is 1. The minimum Gasteiger partial charge on any atom is -0.497 e. The normalized spacial score (nSPS) is 21.2. The van der Waals surface area contributed by atoms with Gasteiger partial charge in [0.1, 0.15) is 5.75 Å². The highest BCUT2D eigenvalue weighted by Crippen LogP contribution is 2.26. The van der Waals surface area contributed by atoms with Gasteiger partial charge in [0.2, 0.25) is 0 Å². The molecule has 2 aromatic carbocycles. The molecule has 0 aliphatic carbocycles. The van der Waals surface area contributed by atoms with E-state index < -0.39 is 31.0 Å². The Hall–Kier alpha value is -1.90. The lowest BCUT2D eigenvalue weighted by molar-refractivity contribution is 0.414. The molecule has 3 rings (SSSR count). The SMILES string of the molecule is CCc1ccc(S(=O)(=O)[C@H]2CS(=O)(=O)C[C@@H]2NCCc2ccc(OC)cc2)cc1. The van der Waals surface area contributed by atoms with Crippen molar-refractivity contribution in [3.05, 3.63) is 59.7 Å². The molecule has 29 heavy (non-hydrogen) atoms. The molecule has 2 atom stereocenters. The highest BCUT2D eigenvalue weighted by Gasteiger charge is 2.45. The molecule has 0 aromatic heterocycles. The summed E-state index contributed by atoms with van der Waals surface area (Å²) in [5.74, 6) is 0.265. The Morgan fingerprint density at radius 2 is 1.62 bits per heavy atom. The van der Waals surface area contributed by atoms with Crippen LogP contribution in [0.15, 0.2) is 53.4 Å². The Kier molecular flexibility index (Phi) is 6.65. The molecule has 0 bridgehead atoms. The Morgan fingerprint density at radius 1 is 1.00 bits per heavy atom. The molecule has 0 saturated carbocycles. The maximum Gasteiger partial charge on any atom is 0.183 e. The third-order valence-electron chi connectivity index (χ3n) is 5.34. The summed E-state index contributed by atoms with van der Waals surface area (Å²) in [5, 5.41) is 2.20. The summed E-state index contributed by atoms with van der Waals surface area (Å²) in [6, 6.07) is 13.7. The molecule has 0 radical (unpaired) electrons. The van der Waals surface area contributed by atoms with E-state index >= 15 is 0 Å². The number of hydrogen-bond acceptors (Lipinski definition) is 6. The van der Waals surface area contributed by atoms with E-state index in [2.05, 4.69) is 5.32 Å². The largest absolute Gasteiger partial charge is 0.497 e. The van der Waals surface area contributed by atoms with Crippen molar-refractivity contribution in [1.29, 1.82) is 0 Å². The molecule has 0 unspecified atom stereocenters. The molecule has 6 nitrogen and oxygen atoms in total. The summed E-state index contributed by atoms with van der Waals surface area (Å²) in [4.78, 5) is 0.179. The Bertz CT molecular complexity index is 1030. The molecule has 0 spiro atoms. The second-order valence-electron chi connectivity index (χ2n) is 7.32. The van der Waals surface area contributed by atoms with Crippen molar-refractivity contribution in [1.82, 2.24) is 5.32 Å². The van der Waals surface area contributed by atoms with Crippen LogP contribution in [0, 0.1) is 0 Å². The van der Waals surface area contributed by atoms with Crippen LogP contribution in [-0.2, 0) is 32.5 Å². The quantitative estimate of drug-likeness (QED) is 0.680. The van der Waals surface area contributed by atoms with Crippen molar-refractivity contribution in [3.8, 4) is 5.75 Å². The van der Waals surface area contributed by atoms with Crippen LogP contribution >= 0.6 is 0 Å². The van der Waals surface area contributed by atoms with Crippen molar-refractivity contribution < 1.29 is 21.6 Å². The van der Waals surface area contributed by atoms with Gasteiger partial charge in [0.05, 0.1) is 28.8 Å². The van der Waals surface area contributed by atoms with Crippen LogP contribution in [0.2, 0.25) is 0 Å². The van der Waals surface area contributed by atoms with Gasteiger partial charge in [-0.3, -0.25) is 0 Å². The van der Waals surface area contributed by atoms with E-state index in [0.717, 1.165) is 23.3 Å². The fourth-order valence-corrected chi connectivity index (χ4v) is 8.31. The number of ether oxygens (including phenoxy) is 1. The fourth-order valence-electron chi connectivity index (χ4n) is 3.60. The summed E-state index contributed by atoms with van der Waals surface area (Å²) >= 11 is 0. The predicted octanol–water partition coefficient (Wildman–Crippen LogP) is 2.03. The Balaban J connectivity index is 1.72.